The van der Waals surface area contributed by atoms with Gasteiger partial charge in [0.05, 0.1) is 38.6 Å². The summed E-state index contributed by atoms with van der Waals surface area (Å²) in [4.78, 5) is 44.6. The summed E-state index contributed by atoms with van der Waals surface area (Å²) in [6.07, 6.45) is 0. The molecule has 11 heteroatoms. The molecule has 1 aliphatic rings. The molecular weight excluding hydrogens is 508 g/mol. The van der Waals surface area contributed by atoms with E-state index < -0.39 is 23.7 Å². The molecule has 1 N–H and O–H groups in total. The minimum Gasteiger partial charge on any atom is -0.507 e. The Morgan fingerprint density at radius 1 is 1.06 bits per heavy atom. The first-order valence-corrected chi connectivity index (χ1v) is 11.8. The van der Waals surface area contributed by atoms with Crippen LogP contribution in [-0.4, -0.2) is 49.1 Å². The first-order valence-electron chi connectivity index (χ1n) is 10.6. The molecule has 0 aliphatic carbocycles. The van der Waals surface area contributed by atoms with Gasteiger partial charge in [0, 0.05) is 10.6 Å². The number of carbonyl (C=O) groups excluding carboxylic acids is 3. The van der Waals surface area contributed by atoms with E-state index in [1.54, 1.807) is 49.4 Å². The lowest BCUT2D eigenvalue weighted by Gasteiger charge is -2.23. The molecule has 1 unspecified atom stereocenters. The Hall–Kier alpha value is -3.89. The highest BCUT2D eigenvalue weighted by molar-refractivity contribution is 7.17. The fourth-order valence-electron chi connectivity index (χ4n) is 3.90. The molecule has 1 aromatic heterocycles. The Kier molecular flexibility index (Phi) is 7.00. The second kappa shape index (κ2) is 10.00. The first-order chi connectivity index (χ1) is 17.2. The summed E-state index contributed by atoms with van der Waals surface area (Å²) in [7, 11) is 4.18. The van der Waals surface area contributed by atoms with Gasteiger partial charge in [-0.25, -0.2) is 9.78 Å². The van der Waals surface area contributed by atoms with Crippen molar-refractivity contribution in [3.63, 3.8) is 0 Å². The van der Waals surface area contributed by atoms with Gasteiger partial charge >= 0.3 is 11.9 Å². The van der Waals surface area contributed by atoms with Crippen LogP contribution in [0.1, 0.15) is 32.5 Å². The number of amides is 1. The van der Waals surface area contributed by atoms with E-state index in [0.29, 0.717) is 33.3 Å². The number of thiazole rings is 1. The third-order valence-electron chi connectivity index (χ3n) is 5.65. The molecule has 2 aromatic carbocycles. The highest BCUT2D eigenvalue weighted by atomic mass is 35.5. The topological polar surface area (TPSA) is 115 Å². The van der Waals surface area contributed by atoms with E-state index in [9.17, 15) is 19.5 Å². The molecular formula is C25H21ClN2O7S. The summed E-state index contributed by atoms with van der Waals surface area (Å²) in [5.41, 5.74) is 0.942. The molecule has 0 bridgehead atoms. The van der Waals surface area contributed by atoms with Crippen molar-refractivity contribution in [1.29, 1.82) is 0 Å². The van der Waals surface area contributed by atoms with Crippen LogP contribution in [-0.2, 0) is 14.3 Å². The lowest BCUT2D eigenvalue weighted by Crippen LogP contribution is -2.29. The lowest BCUT2D eigenvalue weighted by molar-refractivity contribution is -0.132. The summed E-state index contributed by atoms with van der Waals surface area (Å²) >= 11 is 6.89. The molecule has 1 atom stereocenters. The monoisotopic (exact) mass is 528 g/mol. The number of anilines is 1. The van der Waals surface area contributed by atoms with E-state index >= 15 is 0 Å². The van der Waals surface area contributed by atoms with Crippen molar-refractivity contribution in [3.8, 4) is 11.5 Å². The molecule has 186 valence electrons. The fraction of sp³-hybridized carbons (Fsp3) is 0.200. The zero-order valence-corrected chi connectivity index (χ0v) is 21.3. The second-order valence-electron chi connectivity index (χ2n) is 7.69. The molecule has 1 aliphatic heterocycles. The van der Waals surface area contributed by atoms with Gasteiger partial charge in [-0.1, -0.05) is 29.0 Å². The number of esters is 1. The lowest BCUT2D eigenvalue weighted by atomic mass is 9.95. The van der Waals surface area contributed by atoms with Gasteiger partial charge in [-0.15, -0.1) is 0 Å². The van der Waals surface area contributed by atoms with Crippen molar-refractivity contribution in [2.24, 2.45) is 0 Å². The van der Waals surface area contributed by atoms with Gasteiger partial charge in [0.2, 0.25) is 0 Å². The van der Waals surface area contributed by atoms with Crippen LogP contribution in [0.5, 0.6) is 11.5 Å². The van der Waals surface area contributed by atoms with E-state index in [1.165, 1.54) is 21.3 Å². The number of benzene rings is 2. The van der Waals surface area contributed by atoms with Crippen molar-refractivity contribution in [3.05, 3.63) is 74.8 Å². The number of aromatic nitrogens is 1. The Bertz CT molecular complexity index is 1400. The van der Waals surface area contributed by atoms with Crippen LogP contribution in [0, 0.1) is 6.92 Å². The second-order valence-corrected chi connectivity index (χ2v) is 9.11. The van der Waals surface area contributed by atoms with Gasteiger partial charge in [0.1, 0.15) is 10.6 Å². The van der Waals surface area contributed by atoms with Crippen molar-refractivity contribution < 1.29 is 33.7 Å². The molecule has 0 radical (unpaired) electrons. The van der Waals surface area contributed by atoms with E-state index in [0.717, 1.165) is 16.2 Å². The van der Waals surface area contributed by atoms with Gasteiger partial charge in [-0.2, -0.15) is 0 Å². The summed E-state index contributed by atoms with van der Waals surface area (Å²) in [6, 6.07) is 10.0. The van der Waals surface area contributed by atoms with Crippen molar-refractivity contribution in [2.75, 3.05) is 26.2 Å². The van der Waals surface area contributed by atoms with Crippen LogP contribution in [0.4, 0.5) is 5.13 Å². The number of aryl methyl sites for hydroxylation is 1. The molecule has 1 saturated heterocycles. The largest absolute Gasteiger partial charge is 0.507 e. The number of rotatable bonds is 6. The quantitative estimate of drug-likeness (QED) is 0.215. The van der Waals surface area contributed by atoms with Crippen LogP contribution in [0.2, 0.25) is 5.02 Å². The number of aliphatic hydroxyl groups excluding tert-OH is 1. The number of ketones is 1. The van der Waals surface area contributed by atoms with Crippen molar-refractivity contribution >= 4 is 51.5 Å². The standard InChI is InChI=1S/C25H21ClN2O7S/c1-12-22(24(32)35-4)36-25(27-12)28-19(14-7-10-16(33-2)17(11-14)34-3)18(21(30)23(28)31)20(29)13-5-8-15(26)9-6-13/h5-11,19,29H,1-4H3. The van der Waals surface area contributed by atoms with E-state index in [4.69, 9.17) is 25.8 Å². The molecule has 0 saturated carbocycles. The number of hydrogen-bond donors (Lipinski definition) is 1. The predicted molar refractivity (Wildman–Crippen MR) is 134 cm³/mol. The van der Waals surface area contributed by atoms with Gasteiger partial charge in [0.25, 0.3) is 5.78 Å². The fourth-order valence-corrected chi connectivity index (χ4v) is 5.04. The number of methoxy groups -OCH3 is 3. The minimum absolute atomic E-state index is 0.102. The summed E-state index contributed by atoms with van der Waals surface area (Å²) in [6.45, 7) is 1.60. The van der Waals surface area contributed by atoms with E-state index in [2.05, 4.69) is 4.98 Å². The summed E-state index contributed by atoms with van der Waals surface area (Å²) in [5.74, 6) is -2.01. The van der Waals surface area contributed by atoms with Crippen molar-refractivity contribution in [2.45, 2.75) is 13.0 Å². The van der Waals surface area contributed by atoms with Crippen LogP contribution >= 0.6 is 22.9 Å². The Balaban J connectivity index is 1.96. The molecule has 4 rings (SSSR count). The summed E-state index contributed by atoms with van der Waals surface area (Å²) < 4.78 is 15.5. The Morgan fingerprint density at radius 3 is 2.33 bits per heavy atom. The average molecular weight is 529 g/mol. The molecule has 1 fully saturated rings. The SMILES string of the molecule is COC(=O)c1sc(N2C(=O)C(=O)C(=C(O)c3ccc(Cl)cc3)C2c2ccc(OC)c(OC)c2)nc1C. The predicted octanol–water partition coefficient (Wildman–Crippen LogP) is 4.54. The van der Waals surface area contributed by atoms with Crippen LogP contribution in [0.25, 0.3) is 5.76 Å². The molecule has 9 nitrogen and oxygen atoms in total. The van der Waals surface area contributed by atoms with Gasteiger partial charge < -0.3 is 19.3 Å². The number of halogens is 1. The van der Waals surface area contributed by atoms with Gasteiger partial charge in [-0.05, 0) is 48.9 Å². The number of hydrogen-bond acceptors (Lipinski definition) is 9. The third-order valence-corrected chi connectivity index (χ3v) is 7.04. The maximum atomic E-state index is 13.3. The zero-order chi connectivity index (χ0) is 26.1. The zero-order valence-electron chi connectivity index (χ0n) is 19.7. The summed E-state index contributed by atoms with van der Waals surface area (Å²) in [5, 5.41) is 11.7. The highest BCUT2D eigenvalue weighted by Gasteiger charge is 2.48. The smallest absolute Gasteiger partial charge is 0.350 e. The van der Waals surface area contributed by atoms with Crippen LogP contribution in [0.3, 0.4) is 0 Å². The normalized spacial score (nSPS) is 16.8. The van der Waals surface area contributed by atoms with Crippen molar-refractivity contribution in [1.82, 2.24) is 4.98 Å². The average Bonchev–Trinajstić information content (AvgIpc) is 3.39. The maximum absolute atomic E-state index is 13.3. The Labute approximate surface area is 215 Å². The minimum atomic E-state index is -1.07. The number of nitrogens with zero attached hydrogens (tertiary/aromatic N) is 2. The van der Waals surface area contributed by atoms with E-state index in [-0.39, 0.29) is 21.3 Å². The molecule has 0 spiro atoms. The number of aliphatic hydroxyl groups is 1. The van der Waals surface area contributed by atoms with Gasteiger partial charge in [-0.3, -0.25) is 14.5 Å². The van der Waals surface area contributed by atoms with Crippen LogP contribution < -0.4 is 14.4 Å². The first kappa shape index (κ1) is 25.2. The number of ether oxygens (including phenoxy) is 3. The van der Waals surface area contributed by atoms with E-state index in [1.807, 2.05) is 0 Å². The maximum Gasteiger partial charge on any atom is 0.350 e. The molecule has 3 aromatic rings. The molecule has 36 heavy (non-hydrogen) atoms. The number of carbonyl (C=O) groups is 3. The number of Topliss-reactive ketones (excluding diaryl/α,β-unsaturated/α-hetero) is 1. The van der Waals surface area contributed by atoms with Gasteiger partial charge in [0.15, 0.2) is 16.6 Å². The highest BCUT2D eigenvalue weighted by Crippen LogP contribution is 2.45. The molecule has 2 heterocycles. The molecule has 1 amide bonds. The van der Waals surface area contributed by atoms with Crippen LogP contribution in [0.15, 0.2) is 48.0 Å². The Morgan fingerprint density at radius 2 is 1.72 bits per heavy atom. The third kappa shape index (κ3) is 4.29.